The molecule has 1 aliphatic rings. The van der Waals surface area contributed by atoms with Crippen LogP contribution >= 0.6 is 11.6 Å². The number of hydrogen-bond donors (Lipinski definition) is 1. The zero-order chi connectivity index (χ0) is 22.8. The van der Waals surface area contributed by atoms with Gasteiger partial charge in [-0.3, -0.25) is 14.5 Å². The SMILES string of the molecule is CC(C)(C(=O)Nc1cccc(C(F)(F)F)c1)N1COC(CCl)=C(c2ccccc2)C1=O. The Morgan fingerprint density at radius 2 is 1.81 bits per heavy atom. The summed E-state index contributed by atoms with van der Waals surface area (Å²) in [4.78, 5) is 27.5. The Kier molecular flexibility index (Phi) is 6.31. The number of carbonyl (C=O) groups excluding carboxylic acids is 2. The quantitative estimate of drug-likeness (QED) is 0.657. The average Bonchev–Trinajstić information content (AvgIpc) is 2.73. The van der Waals surface area contributed by atoms with Gasteiger partial charge in [-0.25, -0.2) is 0 Å². The number of alkyl halides is 4. The number of nitrogens with zero attached hydrogens (tertiary/aromatic N) is 1. The molecule has 0 unspecified atom stereocenters. The number of halogens is 4. The van der Waals surface area contributed by atoms with Crippen LogP contribution in [-0.2, 0) is 20.5 Å². The van der Waals surface area contributed by atoms with E-state index in [2.05, 4.69) is 5.32 Å². The van der Waals surface area contributed by atoms with Crippen molar-refractivity contribution >= 4 is 34.7 Å². The molecule has 0 aromatic heterocycles. The molecule has 2 aromatic rings. The van der Waals surface area contributed by atoms with Gasteiger partial charge in [0.2, 0.25) is 5.91 Å². The van der Waals surface area contributed by atoms with Gasteiger partial charge in [-0.1, -0.05) is 36.4 Å². The molecule has 1 N–H and O–H groups in total. The van der Waals surface area contributed by atoms with E-state index >= 15 is 0 Å². The summed E-state index contributed by atoms with van der Waals surface area (Å²) in [5.41, 5.74) is -1.52. The van der Waals surface area contributed by atoms with Crippen molar-refractivity contribution in [2.75, 3.05) is 17.9 Å². The van der Waals surface area contributed by atoms with Crippen molar-refractivity contribution in [2.24, 2.45) is 0 Å². The van der Waals surface area contributed by atoms with Crippen molar-refractivity contribution < 1.29 is 27.5 Å². The Hall–Kier alpha value is -3.00. The number of rotatable bonds is 5. The van der Waals surface area contributed by atoms with E-state index in [1.165, 1.54) is 30.9 Å². The van der Waals surface area contributed by atoms with Gasteiger partial charge >= 0.3 is 6.18 Å². The number of nitrogens with one attached hydrogen (secondary N) is 1. The molecule has 2 aromatic carbocycles. The third-order valence-electron chi connectivity index (χ3n) is 4.97. The monoisotopic (exact) mass is 452 g/mol. The molecule has 0 saturated heterocycles. The van der Waals surface area contributed by atoms with Crippen LogP contribution in [-0.4, -0.2) is 34.9 Å². The molecule has 31 heavy (non-hydrogen) atoms. The van der Waals surface area contributed by atoms with Gasteiger partial charge in [-0.15, -0.1) is 11.6 Å². The van der Waals surface area contributed by atoms with Crippen molar-refractivity contribution in [2.45, 2.75) is 25.6 Å². The Morgan fingerprint density at radius 1 is 1.13 bits per heavy atom. The summed E-state index contributed by atoms with van der Waals surface area (Å²) < 4.78 is 44.5. The summed E-state index contributed by atoms with van der Waals surface area (Å²) in [5.74, 6) is -0.855. The van der Waals surface area contributed by atoms with Gasteiger partial charge in [0.15, 0.2) is 6.73 Å². The lowest BCUT2D eigenvalue weighted by Crippen LogP contribution is -2.57. The van der Waals surface area contributed by atoms with Gasteiger partial charge in [0.25, 0.3) is 5.91 Å². The first kappa shape index (κ1) is 22.7. The first-order chi connectivity index (χ1) is 14.6. The van der Waals surface area contributed by atoms with Gasteiger partial charge < -0.3 is 10.1 Å². The molecule has 1 heterocycles. The lowest BCUT2D eigenvalue weighted by Gasteiger charge is -2.40. The summed E-state index contributed by atoms with van der Waals surface area (Å²) in [6, 6.07) is 13.0. The molecule has 0 saturated carbocycles. The summed E-state index contributed by atoms with van der Waals surface area (Å²) >= 11 is 5.95. The van der Waals surface area contributed by atoms with Crippen LogP contribution in [0.5, 0.6) is 0 Å². The number of allylic oxidation sites excluding steroid dienone is 1. The molecule has 3 rings (SSSR count). The highest BCUT2D eigenvalue weighted by atomic mass is 35.5. The number of amides is 2. The van der Waals surface area contributed by atoms with E-state index in [9.17, 15) is 22.8 Å². The fourth-order valence-corrected chi connectivity index (χ4v) is 3.33. The van der Waals surface area contributed by atoms with Gasteiger partial charge in [-0.05, 0) is 37.6 Å². The Balaban J connectivity index is 1.87. The predicted octanol–water partition coefficient (Wildman–Crippen LogP) is 4.89. The molecule has 1 aliphatic heterocycles. The minimum absolute atomic E-state index is 0.0271. The van der Waals surface area contributed by atoms with Crippen LogP contribution in [0.3, 0.4) is 0 Å². The zero-order valence-electron chi connectivity index (χ0n) is 16.8. The normalized spacial score (nSPS) is 15.0. The highest BCUT2D eigenvalue weighted by Gasteiger charge is 2.43. The Morgan fingerprint density at radius 3 is 2.42 bits per heavy atom. The van der Waals surface area contributed by atoms with Gasteiger partial charge in [0.1, 0.15) is 11.3 Å². The van der Waals surface area contributed by atoms with Gasteiger partial charge in [-0.2, -0.15) is 13.2 Å². The second-order valence-corrected chi connectivity index (χ2v) is 7.66. The maximum Gasteiger partial charge on any atom is 0.416 e. The molecule has 9 heteroatoms. The lowest BCUT2D eigenvalue weighted by atomic mass is 9.96. The number of ether oxygens (including phenoxy) is 1. The van der Waals surface area contributed by atoms with Crippen molar-refractivity contribution in [3.05, 3.63) is 71.5 Å². The lowest BCUT2D eigenvalue weighted by molar-refractivity contribution is -0.147. The number of benzene rings is 2. The average molecular weight is 453 g/mol. The second-order valence-electron chi connectivity index (χ2n) is 7.40. The van der Waals surface area contributed by atoms with E-state index in [-0.39, 0.29) is 23.9 Å². The van der Waals surface area contributed by atoms with Crippen LogP contribution < -0.4 is 5.32 Å². The van der Waals surface area contributed by atoms with Crippen LogP contribution in [0, 0.1) is 0 Å². The standard InChI is InChI=1S/C22H20ClF3N2O3/c1-21(2,20(30)27-16-10-6-9-15(11-16)22(24,25)26)28-13-31-17(12-23)18(19(28)29)14-7-4-3-5-8-14/h3-11H,12-13H2,1-2H3,(H,27,30). The molecule has 0 fully saturated rings. The zero-order valence-corrected chi connectivity index (χ0v) is 17.6. The summed E-state index contributed by atoms with van der Waals surface area (Å²) in [5, 5.41) is 2.46. The van der Waals surface area contributed by atoms with Crippen molar-refractivity contribution in [1.29, 1.82) is 0 Å². The van der Waals surface area contributed by atoms with E-state index < -0.39 is 29.1 Å². The van der Waals surface area contributed by atoms with Crippen molar-refractivity contribution in [3.63, 3.8) is 0 Å². The summed E-state index contributed by atoms with van der Waals surface area (Å²) in [6.07, 6.45) is -4.54. The number of anilines is 1. The van der Waals surface area contributed by atoms with Gasteiger partial charge in [0.05, 0.1) is 17.0 Å². The largest absolute Gasteiger partial charge is 0.475 e. The highest BCUT2D eigenvalue weighted by molar-refractivity contribution is 6.25. The molecule has 164 valence electrons. The highest BCUT2D eigenvalue weighted by Crippen LogP contribution is 2.33. The van der Waals surface area contributed by atoms with E-state index in [0.29, 0.717) is 11.3 Å². The summed E-state index contributed by atoms with van der Waals surface area (Å²) in [6.45, 7) is 2.76. The fraction of sp³-hybridized carbons (Fsp3) is 0.273. The van der Waals surface area contributed by atoms with Crippen molar-refractivity contribution in [3.8, 4) is 0 Å². The smallest absolute Gasteiger partial charge is 0.416 e. The predicted molar refractivity (Wildman–Crippen MR) is 111 cm³/mol. The molecular formula is C22H20ClF3N2O3. The Labute approximate surface area is 182 Å². The van der Waals surface area contributed by atoms with Crippen LogP contribution in [0.15, 0.2) is 60.4 Å². The van der Waals surface area contributed by atoms with Crippen LogP contribution in [0.2, 0.25) is 0 Å². The minimum atomic E-state index is -4.54. The molecule has 0 atom stereocenters. The Bertz CT molecular complexity index is 1020. The topological polar surface area (TPSA) is 58.6 Å². The molecule has 0 radical (unpaired) electrons. The second kappa shape index (κ2) is 8.63. The first-order valence-corrected chi connectivity index (χ1v) is 9.87. The first-order valence-electron chi connectivity index (χ1n) is 9.33. The van der Waals surface area contributed by atoms with E-state index in [0.717, 1.165) is 12.1 Å². The number of carbonyl (C=O) groups is 2. The maximum atomic E-state index is 13.3. The van der Waals surface area contributed by atoms with E-state index in [4.69, 9.17) is 16.3 Å². The molecule has 2 amide bonds. The maximum absolute atomic E-state index is 13.3. The van der Waals surface area contributed by atoms with Crippen LogP contribution in [0.1, 0.15) is 25.0 Å². The van der Waals surface area contributed by atoms with E-state index in [1.54, 1.807) is 30.3 Å². The molecule has 0 aliphatic carbocycles. The van der Waals surface area contributed by atoms with E-state index in [1.807, 2.05) is 0 Å². The minimum Gasteiger partial charge on any atom is -0.475 e. The van der Waals surface area contributed by atoms with Gasteiger partial charge in [0, 0.05) is 5.69 Å². The number of hydrogen-bond acceptors (Lipinski definition) is 3. The summed E-state index contributed by atoms with van der Waals surface area (Å²) in [7, 11) is 0. The molecule has 0 bridgehead atoms. The molecule has 0 spiro atoms. The van der Waals surface area contributed by atoms with Crippen LogP contribution in [0.25, 0.3) is 5.57 Å². The fourth-order valence-electron chi connectivity index (χ4n) is 3.12. The molecular weight excluding hydrogens is 433 g/mol. The van der Waals surface area contributed by atoms with Crippen molar-refractivity contribution in [1.82, 2.24) is 4.90 Å². The third kappa shape index (κ3) is 4.69. The van der Waals surface area contributed by atoms with Crippen LogP contribution in [0.4, 0.5) is 18.9 Å². The molecule has 5 nitrogen and oxygen atoms in total. The third-order valence-corrected chi connectivity index (χ3v) is 5.21.